The lowest BCUT2D eigenvalue weighted by atomic mass is 10.0. The molecule has 2 heterocycles. The molecular weight excluding hydrogens is 326 g/mol. The monoisotopic (exact) mass is 351 g/mol. The molecule has 2 aromatic heterocycles. The molecule has 136 valence electrons. The number of carbonyl (C=O) groups excluding carboxylic acids is 1. The Balaban J connectivity index is 1.44. The molecule has 26 heavy (non-hydrogen) atoms. The third-order valence-electron chi connectivity index (χ3n) is 5.66. The Morgan fingerprint density at radius 3 is 2.73 bits per heavy atom. The number of fused-ring (bicyclic) bond motifs is 1. The maximum atomic E-state index is 12.7. The molecule has 3 aromatic rings. The van der Waals surface area contributed by atoms with Gasteiger partial charge in [0.25, 0.3) is 0 Å². The molecule has 1 aliphatic rings. The van der Waals surface area contributed by atoms with Gasteiger partial charge in [0.1, 0.15) is 17.1 Å². The van der Waals surface area contributed by atoms with Crippen molar-refractivity contribution in [2.75, 3.05) is 7.05 Å². The summed E-state index contributed by atoms with van der Waals surface area (Å²) in [4.78, 5) is 14.4. The van der Waals surface area contributed by atoms with Crippen LogP contribution in [0.4, 0.5) is 0 Å². The number of benzene rings is 1. The first-order valence-corrected chi connectivity index (χ1v) is 9.23. The van der Waals surface area contributed by atoms with E-state index >= 15 is 0 Å². The van der Waals surface area contributed by atoms with Gasteiger partial charge in [-0.25, -0.2) is 0 Å². The predicted octanol–water partition coefficient (Wildman–Crippen LogP) is 4.97. The first-order valence-electron chi connectivity index (χ1n) is 9.23. The fourth-order valence-electron chi connectivity index (χ4n) is 3.54. The fourth-order valence-corrected chi connectivity index (χ4v) is 3.54. The largest absolute Gasteiger partial charge is 0.464 e. The Kier molecular flexibility index (Phi) is 4.14. The summed E-state index contributed by atoms with van der Waals surface area (Å²) in [5.74, 6) is 3.24. The van der Waals surface area contributed by atoms with Crippen molar-refractivity contribution in [2.24, 2.45) is 5.92 Å². The van der Waals surface area contributed by atoms with Crippen molar-refractivity contribution in [3.63, 3.8) is 0 Å². The second-order valence-corrected chi connectivity index (χ2v) is 7.70. The number of nitrogens with zero attached hydrogens (tertiary/aromatic N) is 1. The summed E-state index contributed by atoms with van der Waals surface area (Å²) in [5.41, 5.74) is 4.14. The summed E-state index contributed by atoms with van der Waals surface area (Å²) in [5, 5.41) is 1.03. The maximum absolute atomic E-state index is 12.7. The van der Waals surface area contributed by atoms with Crippen molar-refractivity contribution >= 4 is 16.9 Å². The fraction of sp³-hybridized carbons (Fsp3) is 0.409. The van der Waals surface area contributed by atoms with Gasteiger partial charge in [-0.3, -0.25) is 4.79 Å². The predicted molar refractivity (Wildman–Crippen MR) is 101 cm³/mol. The maximum Gasteiger partial charge on any atom is 0.227 e. The van der Waals surface area contributed by atoms with Crippen LogP contribution in [0.15, 0.2) is 39.4 Å². The normalized spacial score (nSPS) is 19.1. The number of hydrogen-bond donors (Lipinski definition) is 0. The van der Waals surface area contributed by atoms with Gasteiger partial charge in [-0.05, 0) is 49.4 Å². The number of carbonyl (C=O) groups is 1. The summed E-state index contributed by atoms with van der Waals surface area (Å²) in [7, 11) is 1.82. The van der Waals surface area contributed by atoms with Crippen molar-refractivity contribution in [3.05, 3.63) is 58.7 Å². The van der Waals surface area contributed by atoms with Crippen LogP contribution in [0.1, 0.15) is 47.5 Å². The molecule has 0 radical (unpaired) electrons. The lowest BCUT2D eigenvalue weighted by Gasteiger charge is -2.15. The Morgan fingerprint density at radius 1 is 1.23 bits per heavy atom. The average Bonchev–Trinajstić information content (AvgIpc) is 3.00. The lowest BCUT2D eigenvalue weighted by molar-refractivity contribution is -0.129. The Hall–Kier alpha value is -2.49. The van der Waals surface area contributed by atoms with E-state index < -0.39 is 0 Å². The second kappa shape index (κ2) is 6.35. The standard InChI is InChI=1S/C22H25NO3/c1-13-5-7-18-16(12-25-22(18)15(13)3)10-21(24)23(4)11-17-6-8-20(26-17)19-9-14(19)2/h5-8,12,14,19H,9-11H2,1-4H3. The minimum atomic E-state index is 0.0590. The van der Waals surface area contributed by atoms with Crippen molar-refractivity contribution in [1.29, 1.82) is 0 Å². The number of amides is 1. The average molecular weight is 351 g/mol. The van der Waals surface area contributed by atoms with Gasteiger partial charge in [-0.15, -0.1) is 0 Å². The molecule has 4 heteroatoms. The van der Waals surface area contributed by atoms with Crippen LogP contribution in [0, 0.1) is 19.8 Å². The van der Waals surface area contributed by atoms with Crippen LogP contribution in [-0.4, -0.2) is 17.9 Å². The molecule has 1 aliphatic carbocycles. The van der Waals surface area contributed by atoms with Crippen LogP contribution in [0.3, 0.4) is 0 Å². The SMILES string of the molecule is Cc1ccc2c(CC(=O)N(C)Cc3ccc(C4CC4C)o3)coc2c1C. The van der Waals surface area contributed by atoms with E-state index in [0.29, 0.717) is 18.9 Å². The van der Waals surface area contributed by atoms with Gasteiger partial charge < -0.3 is 13.7 Å². The van der Waals surface area contributed by atoms with Crippen LogP contribution < -0.4 is 0 Å². The lowest BCUT2D eigenvalue weighted by Crippen LogP contribution is -2.27. The number of likely N-dealkylation sites (N-methyl/N-ethyl adjacent to an activating group) is 1. The molecule has 1 saturated carbocycles. The van der Waals surface area contributed by atoms with Gasteiger partial charge in [-0.2, -0.15) is 0 Å². The Labute approximate surface area is 153 Å². The van der Waals surface area contributed by atoms with Gasteiger partial charge in [0.2, 0.25) is 5.91 Å². The van der Waals surface area contributed by atoms with E-state index in [9.17, 15) is 4.79 Å². The van der Waals surface area contributed by atoms with E-state index in [1.807, 2.05) is 26.1 Å². The molecule has 4 rings (SSSR count). The Morgan fingerprint density at radius 2 is 2.00 bits per heavy atom. The Bertz CT molecular complexity index is 965. The van der Waals surface area contributed by atoms with E-state index in [1.54, 1.807) is 11.2 Å². The van der Waals surface area contributed by atoms with E-state index in [4.69, 9.17) is 8.83 Å². The smallest absolute Gasteiger partial charge is 0.227 e. The highest BCUT2D eigenvalue weighted by Crippen LogP contribution is 2.47. The third kappa shape index (κ3) is 3.05. The zero-order valence-electron chi connectivity index (χ0n) is 15.8. The first kappa shape index (κ1) is 17.0. The highest BCUT2D eigenvalue weighted by molar-refractivity contribution is 5.89. The number of hydrogen-bond acceptors (Lipinski definition) is 3. The summed E-state index contributed by atoms with van der Waals surface area (Å²) >= 11 is 0. The van der Waals surface area contributed by atoms with Gasteiger partial charge in [0, 0.05) is 23.9 Å². The third-order valence-corrected chi connectivity index (χ3v) is 5.66. The molecule has 1 fully saturated rings. The molecule has 1 aromatic carbocycles. The van der Waals surface area contributed by atoms with Gasteiger partial charge >= 0.3 is 0 Å². The zero-order chi connectivity index (χ0) is 18.4. The summed E-state index contributed by atoms with van der Waals surface area (Å²) in [6.07, 6.45) is 3.25. The highest BCUT2D eigenvalue weighted by atomic mass is 16.3. The number of rotatable bonds is 5. The highest BCUT2D eigenvalue weighted by Gasteiger charge is 2.36. The topological polar surface area (TPSA) is 46.6 Å². The van der Waals surface area contributed by atoms with Gasteiger partial charge in [0.15, 0.2) is 0 Å². The van der Waals surface area contributed by atoms with Crippen LogP contribution in [0.5, 0.6) is 0 Å². The van der Waals surface area contributed by atoms with E-state index in [-0.39, 0.29) is 5.91 Å². The summed E-state index contributed by atoms with van der Waals surface area (Å²) in [6.45, 7) is 6.85. The number of aryl methyl sites for hydroxylation is 2. The molecule has 1 amide bonds. The van der Waals surface area contributed by atoms with Gasteiger partial charge in [0.05, 0.1) is 19.2 Å². The molecule has 2 atom stereocenters. The van der Waals surface area contributed by atoms with E-state index in [1.165, 1.54) is 12.0 Å². The molecular formula is C22H25NO3. The van der Waals surface area contributed by atoms with Gasteiger partial charge in [-0.1, -0.05) is 19.1 Å². The van der Waals surface area contributed by atoms with Crippen LogP contribution in [-0.2, 0) is 17.8 Å². The van der Waals surface area contributed by atoms with Crippen molar-refractivity contribution in [3.8, 4) is 0 Å². The minimum absolute atomic E-state index is 0.0590. The molecule has 4 nitrogen and oxygen atoms in total. The molecule has 0 aliphatic heterocycles. The van der Waals surface area contributed by atoms with Crippen molar-refractivity contribution in [2.45, 2.75) is 46.1 Å². The van der Waals surface area contributed by atoms with Crippen LogP contribution >= 0.6 is 0 Å². The molecule has 0 N–H and O–H groups in total. The quantitative estimate of drug-likeness (QED) is 0.652. The molecule has 0 bridgehead atoms. The second-order valence-electron chi connectivity index (χ2n) is 7.70. The van der Waals surface area contributed by atoms with Crippen LogP contribution in [0.25, 0.3) is 11.0 Å². The minimum Gasteiger partial charge on any atom is -0.464 e. The van der Waals surface area contributed by atoms with Crippen LogP contribution in [0.2, 0.25) is 0 Å². The summed E-state index contributed by atoms with van der Waals surface area (Å²) < 4.78 is 11.6. The number of furan rings is 2. The summed E-state index contributed by atoms with van der Waals surface area (Å²) in [6, 6.07) is 8.16. The molecule has 0 saturated heterocycles. The van der Waals surface area contributed by atoms with Crippen molar-refractivity contribution in [1.82, 2.24) is 4.90 Å². The van der Waals surface area contributed by atoms with E-state index in [0.717, 1.165) is 39.5 Å². The van der Waals surface area contributed by atoms with E-state index in [2.05, 4.69) is 26.0 Å². The van der Waals surface area contributed by atoms with Crippen molar-refractivity contribution < 1.29 is 13.6 Å². The molecule has 2 unspecified atom stereocenters. The molecule has 0 spiro atoms. The first-order chi connectivity index (χ1) is 12.4. The zero-order valence-corrected chi connectivity index (χ0v) is 15.8.